The van der Waals surface area contributed by atoms with Gasteiger partial charge in [-0.1, -0.05) is 34.6 Å². The van der Waals surface area contributed by atoms with E-state index in [0.29, 0.717) is 48.2 Å². The monoisotopic (exact) mass is 891 g/mol. The van der Waals surface area contributed by atoms with E-state index in [1.54, 1.807) is 0 Å². The first-order valence-electron chi connectivity index (χ1n) is 24.9. The van der Waals surface area contributed by atoms with Crippen LogP contribution in [-0.2, 0) is 27.4 Å². The molecule has 4 aliphatic rings. The van der Waals surface area contributed by atoms with Crippen molar-refractivity contribution in [2.24, 2.45) is 34.5 Å². The van der Waals surface area contributed by atoms with Crippen molar-refractivity contribution in [3.05, 3.63) is 59.9 Å². The number of carboxylic acid groups (broad SMARTS) is 1. The van der Waals surface area contributed by atoms with Crippen LogP contribution in [0.15, 0.2) is 48.8 Å². The SMILES string of the molecule is CC(C)(C)[C@H]1CC[C@H](Oc2ccc3cc(CN4CCC(C(=O)OCCCCC(C)(C)[C@H]5CC[C@H](Oc6ccc7cc(CN8CCC(C(=O)O)CC8)cnc7n6)CC5)CC4)cnc3n2)CC1. The zero-order valence-electron chi connectivity index (χ0n) is 39.8. The molecule has 0 aromatic carbocycles. The van der Waals surface area contributed by atoms with E-state index >= 15 is 0 Å². The Labute approximate surface area is 386 Å². The number of carbonyl (C=O) groups excluding carboxylic acids is 1. The quantitative estimate of drug-likeness (QED) is 0.0846. The first-order chi connectivity index (χ1) is 31.2. The number of unbranched alkanes of at least 4 members (excludes halogenated alkanes) is 1. The molecule has 0 atom stereocenters. The smallest absolute Gasteiger partial charge is 0.309 e. The van der Waals surface area contributed by atoms with Gasteiger partial charge in [-0.25, -0.2) is 9.97 Å². The van der Waals surface area contributed by atoms with Gasteiger partial charge in [0.05, 0.1) is 18.4 Å². The molecule has 8 rings (SSSR count). The fourth-order valence-electron chi connectivity index (χ4n) is 11.1. The largest absolute Gasteiger partial charge is 0.481 e. The highest BCUT2D eigenvalue weighted by Gasteiger charge is 2.34. The van der Waals surface area contributed by atoms with Crippen molar-refractivity contribution in [2.75, 3.05) is 32.8 Å². The molecule has 0 unspecified atom stereocenters. The maximum atomic E-state index is 13.1. The van der Waals surface area contributed by atoms with Gasteiger partial charge in [0.25, 0.3) is 0 Å². The molecule has 4 aromatic rings. The van der Waals surface area contributed by atoms with Gasteiger partial charge in [0.1, 0.15) is 12.2 Å². The summed E-state index contributed by atoms with van der Waals surface area (Å²) in [6.45, 7) is 17.3. The number of pyridine rings is 4. The molecule has 2 aliphatic carbocycles. The minimum atomic E-state index is -0.681. The van der Waals surface area contributed by atoms with Crippen LogP contribution in [0.25, 0.3) is 22.1 Å². The number of aromatic nitrogens is 4. The summed E-state index contributed by atoms with van der Waals surface area (Å²) in [6, 6.07) is 12.4. The second-order valence-electron chi connectivity index (χ2n) is 21.7. The Morgan fingerprint density at radius 1 is 0.631 bits per heavy atom. The number of rotatable bonds is 16. The summed E-state index contributed by atoms with van der Waals surface area (Å²) >= 11 is 0. The molecule has 4 fully saturated rings. The molecule has 0 spiro atoms. The Bertz CT molecular complexity index is 2210. The summed E-state index contributed by atoms with van der Waals surface area (Å²) in [6.07, 6.45) is 19.2. The van der Waals surface area contributed by atoms with Crippen molar-refractivity contribution < 1.29 is 28.9 Å². The summed E-state index contributed by atoms with van der Waals surface area (Å²) in [4.78, 5) is 47.9. The van der Waals surface area contributed by atoms with Crippen LogP contribution in [-0.4, -0.2) is 91.8 Å². The highest BCUT2D eigenvalue weighted by Crippen LogP contribution is 2.43. The second kappa shape index (κ2) is 21.0. The van der Waals surface area contributed by atoms with Gasteiger partial charge in [-0.05, 0) is 181 Å². The van der Waals surface area contributed by atoms with Crippen LogP contribution in [0.1, 0.15) is 142 Å². The Morgan fingerprint density at radius 2 is 1.11 bits per heavy atom. The van der Waals surface area contributed by atoms with Crippen LogP contribution < -0.4 is 9.47 Å². The molecule has 2 aliphatic heterocycles. The predicted octanol–water partition coefficient (Wildman–Crippen LogP) is 10.4. The lowest BCUT2D eigenvalue weighted by molar-refractivity contribution is -0.150. The number of carboxylic acids is 1. The number of likely N-dealkylation sites (tertiary alicyclic amines) is 2. The number of hydrogen-bond donors (Lipinski definition) is 1. The number of carbonyl (C=O) groups is 2. The minimum Gasteiger partial charge on any atom is -0.481 e. The normalized spacial score (nSPS) is 23.4. The van der Waals surface area contributed by atoms with E-state index in [1.807, 2.05) is 30.6 Å². The number of nitrogens with zero attached hydrogens (tertiary/aromatic N) is 6. The fourth-order valence-corrected chi connectivity index (χ4v) is 11.1. The molecule has 2 saturated carbocycles. The summed E-state index contributed by atoms with van der Waals surface area (Å²) < 4.78 is 18.5. The van der Waals surface area contributed by atoms with Gasteiger partial charge in [0.15, 0.2) is 11.3 Å². The molecule has 65 heavy (non-hydrogen) atoms. The highest BCUT2D eigenvalue weighted by molar-refractivity contribution is 5.76. The molecule has 4 aromatic heterocycles. The van der Waals surface area contributed by atoms with Gasteiger partial charge < -0.3 is 19.3 Å². The lowest BCUT2D eigenvalue weighted by Crippen LogP contribution is -2.36. The van der Waals surface area contributed by atoms with Crippen LogP contribution in [0, 0.1) is 34.5 Å². The zero-order chi connectivity index (χ0) is 45.6. The van der Waals surface area contributed by atoms with Crippen molar-refractivity contribution in [3.63, 3.8) is 0 Å². The van der Waals surface area contributed by atoms with E-state index in [4.69, 9.17) is 29.2 Å². The van der Waals surface area contributed by atoms with E-state index < -0.39 is 5.97 Å². The fraction of sp³-hybridized carbons (Fsp3) is 0.660. The van der Waals surface area contributed by atoms with E-state index in [0.717, 1.165) is 143 Å². The molecular formula is C53H74N6O6. The van der Waals surface area contributed by atoms with Crippen LogP contribution >= 0.6 is 0 Å². The predicted molar refractivity (Wildman–Crippen MR) is 254 cm³/mol. The summed E-state index contributed by atoms with van der Waals surface area (Å²) in [5.74, 6) is 1.74. The molecule has 2 saturated heterocycles. The molecule has 352 valence electrons. The van der Waals surface area contributed by atoms with Gasteiger partial charge in [0, 0.05) is 48.4 Å². The molecule has 6 heterocycles. The van der Waals surface area contributed by atoms with Gasteiger partial charge in [0.2, 0.25) is 11.8 Å². The lowest BCUT2D eigenvalue weighted by atomic mass is 9.68. The third kappa shape index (κ3) is 12.7. The first kappa shape index (κ1) is 47.1. The average molecular weight is 891 g/mol. The van der Waals surface area contributed by atoms with Crippen LogP contribution in [0.4, 0.5) is 0 Å². The van der Waals surface area contributed by atoms with Gasteiger partial charge >= 0.3 is 11.9 Å². The molecule has 12 nitrogen and oxygen atoms in total. The van der Waals surface area contributed by atoms with Crippen molar-refractivity contribution in [2.45, 2.75) is 156 Å². The third-order valence-electron chi connectivity index (χ3n) is 15.5. The van der Waals surface area contributed by atoms with Crippen molar-refractivity contribution in [3.8, 4) is 11.8 Å². The Balaban J connectivity index is 0.688. The summed E-state index contributed by atoms with van der Waals surface area (Å²) in [5.41, 5.74) is 4.27. The topological polar surface area (TPSA) is 140 Å². The number of ether oxygens (including phenoxy) is 3. The van der Waals surface area contributed by atoms with E-state index in [2.05, 4.69) is 67.6 Å². The molecule has 0 radical (unpaired) electrons. The van der Waals surface area contributed by atoms with E-state index in [1.165, 1.54) is 12.8 Å². The molecule has 0 amide bonds. The van der Waals surface area contributed by atoms with Crippen LogP contribution in [0.3, 0.4) is 0 Å². The maximum Gasteiger partial charge on any atom is 0.309 e. The Hall–Kier alpha value is -4.42. The van der Waals surface area contributed by atoms with Gasteiger partial charge in [-0.15, -0.1) is 0 Å². The third-order valence-corrected chi connectivity index (χ3v) is 15.5. The molecule has 12 heteroatoms. The van der Waals surface area contributed by atoms with Crippen molar-refractivity contribution in [1.29, 1.82) is 0 Å². The zero-order valence-corrected chi connectivity index (χ0v) is 39.8. The van der Waals surface area contributed by atoms with Crippen molar-refractivity contribution >= 4 is 34.0 Å². The average Bonchev–Trinajstić information content (AvgIpc) is 3.29. The van der Waals surface area contributed by atoms with E-state index in [-0.39, 0.29) is 35.4 Å². The molecular weight excluding hydrogens is 817 g/mol. The number of aliphatic carboxylic acids is 1. The Kier molecular flexibility index (Phi) is 15.2. The van der Waals surface area contributed by atoms with Crippen LogP contribution in [0.5, 0.6) is 11.8 Å². The number of hydrogen-bond acceptors (Lipinski definition) is 11. The van der Waals surface area contributed by atoms with Gasteiger partial charge in [-0.2, -0.15) is 9.97 Å². The lowest BCUT2D eigenvalue weighted by Gasteiger charge is -2.39. The molecule has 0 bridgehead atoms. The number of piperidine rings is 2. The number of fused-ring (bicyclic) bond motifs is 2. The maximum absolute atomic E-state index is 13.1. The summed E-state index contributed by atoms with van der Waals surface area (Å²) in [7, 11) is 0. The second-order valence-corrected chi connectivity index (χ2v) is 21.7. The van der Waals surface area contributed by atoms with E-state index in [9.17, 15) is 14.7 Å². The standard InChI is InChI=1S/C53H74N6O6/c1-52(2,3)42-10-14-44(15-11-42)64-46-18-8-41-31-37(33-55-48(41)56-46)35-59-27-22-39(23-28-59)51(62)63-29-7-6-24-53(4,5)43-12-16-45(17-13-43)65-47-19-9-40-30-36(32-54-49(40)57-47)34-58-25-20-38(21-26-58)50(60)61/h8-9,18-19,30-33,38-39,42-45H,6-7,10-17,20-29,34-35H2,1-5H3,(H,60,61)/t42-,43-,44-,45-. The highest BCUT2D eigenvalue weighted by atomic mass is 16.5. The Morgan fingerprint density at radius 3 is 1.58 bits per heavy atom. The van der Waals surface area contributed by atoms with Gasteiger partial charge in [-0.3, -0.25) is 19.4 Å². The summed E-state index contributed by atoms with van der Waals surface area (Å²) in [5, 5.41) is 11.3. The first-order valence-corrected chi connectivity index (χ1v) is 24.9. The molecule has 1 N–H and O–H groups in total. The van der Waals surface area contributed by atoms with Crippen LogP contribution in [0.2, 0.25) is 0 Å². The number of esters is 1. The van der Waals surface area contributed by atoms with Crippen molar-refractivity contribution in [1.82, 2.24) is 29.7 Å². The minimum absolute atomic E-state index is 0.0255.